The first-order chi connectivity index (χ1) is 10.2. The van der Waals surface area contributed by atoms with Crippen LogP contribution in [0.4, 0.5) is 0 Å². The molecule has 1 fully saturated rings. The summed E-state index contributed by atoms with van der Waals surface area (Å²) in [5.41, 5.74) is 4.63. The number of rotatable bonds is 4. The summed E-state index contributed by atoms with van der Waals surface area (Å²) in [7, 11) is 0. The lowest BCUT2D eigenvalue weighted by atomic mass is 9.82. The zero-order valence-corrected chi connectivity index (χ0v) is 14.3. The van der Waals surface area contributed by atoms with Gasteiger partial charge in [0.15, 0.2) is 0 Å². The third-order valence-corrected chi connectivity index (χ3v) is 6.52. The zero-order chi connectivity index (χ0) is 14.7. The summed E-state index contributed by atoms with van der Waals surface area (Å²) in [6, 6.07) is 19.9. The van der Waals surface area contributed by atoms with E-state index in [1.165, 1.54) is 42.4 Å². The highest BCUT2D eigenvalue weighted by atomic mass is 79.9. The van der Waals surface area contributed by atoms with Gasteiger partial charge in [-0.05, 0) is 41.4 Å². The van der Waals surface area contributed by atoms with E-state index in [2.05, 4.69) is 77.5 Å². The highest BCUT2D eigenvalue weighted by molar-refractivity contribution is 9.09. The van der Waals surface area contributed by atoms with Gasteiger partial charge in [-0.15, -0.1) is 0 Å². The zero-order valence-electron chi connectivity index (χ0n) is 12.7. The molecule has 1 heteroatoms. The first-order valence-electron chi connectivity index (χ1n) is 7.94. The van der Waals surface area contributed by atoms with Crippen molar-refractivity contribution in [3.63, 3.8) is 0 Å². The summed E-state index contributed by atoms with van der Waals surface area (Å²) in [5, 5.41) is 0. The first kappa shape index (κ1) is 14.8. The third kappa shape index (κ3) is 3.40. The molecule has 1 unspecified atom stereocenters. The Kier molecular flexibility index (Phi) is 4.49. The standard InChI is InChI=1S/C20H23Br/c1-20(13-5-6-14-20)19(21)18-11-9-17(10-12-18)15-16-7-3-2-4-8-16/h2-4,7-12,19H,5-6,13-15H2,1H3. The van der Waals surface area contributed by atoms with Crippen molar-refractivity contribution >= 4 is 15.9 Å². The molecule has 0 amide bonds. The van der Waals surface area contributed by atoms with Gasteiger partial charge in [-0.2, -0.15) is 0 Å². The minimum atomic E-state index is 0.431. The van der Waals surface area contributed by atoms with E-state index >= 15 is 0 Å². The SMILES string of the molecule is CC1(C(Br)c2ccc(Cc3ccccc3)cc2)CCCC1. The molecule has 0 radical (unpaired) electrons. The molecule has 110 valence electrons. The van der Waals surface area contributed by atoms with Crippen LogP contribution in [0.25, 0.3) is 0 Å². The van der Waals surface area contributed by atoms with E-state index in [1.54, 1.807) is 0 Å². The van der Waals surface area contributed by atoms with Gasteiger partial charge in [0.05, 0.1) is 0 Å². The van der Waals surface area contributed by atoms with Crippen LogP contribution < -0.4 is 0 Å². The molecular weight excluding hydrogens is 320 g/mol. The Hall–Kier alpha value is -1.08. The van der Waals surface area contributed by atoms with Crippen molar-refractivity contribution in [2.24, 2.45) is 5.41 Å². The molecule has 0 aromatic heterocycles. The van der Waals surface area contributed by atoms with E-state index in [9.17, 15) is 0 Å². The van der Waals surface area contributed by atoms with Crippen LogP contribution in [0, 0.1) is 5.41 Å². The van der Waals surface area contributed by atoms with Gasteiger partial charge in [0.1, 0.15) is 0 Å². The molecule has 0 saturated heterocycles. The number of halogens is 1. The second-order valence-electron chi connectivity index (χ2n) is 6.63. The van der Waals surface area contributed by atoms with E-state index in [0.29, 0.717) is 10.2 Å². The quantitative estimate of drug-likeness (QED) is 0.572. The lowest BCUT2D eigenvalue weighted by Crippen LogP contribution is -2.17. The fourth-order valence-electron chi connectivity index (χ4n) is 3.47. The number of hydrogen-bond acceptors (Lipinski definition) is 0. The second kappa shape index (κ2) is 6.36. The van der Waals surface area contributed by atoms with Gasteiger partial charge in [0.25, 0.3) is 0 Å². The van der Waals surface area contributed by atoms with Gasteiger partial charge < -0.3 is 0 Å². The number of hydrogen-bond donors (Lipinski definition) is 0. The molecule has 1 saturated carbocycles. The predicted molar refractivity (Wildman–Crippen MR) is 93.9 cm³/mol. The minimum absolute atomic E-state index is 0.431. The first-order valence-corrected chi connectivity index (χ1v) is 8.86. The molecule has 1 aliphatic rings. The van der Waals surface area contributed by atoms with Gasteiger partial charge in [0, 0.05) is 4.83 Å². The van der Waals surface area contributed by atoms with Crippen LogP contribution in [-0.4, -0.2) is 0 Å². The van der Waals surface area contributed by atoms with Gasteiger partial charge in [-0.3, -0.25) is 0 Å². The average molecular weight is 343 g/mol. The lowest BCUT2D eigenvalue weighted by molar-refractivity contribution is 0.331. The van der Waals surface area contributed by atoms with Gasteiger partial charge >= 0.3 is 0 Å². The molecule has 1 atom stereocenters. The average Bonchev–Trinajstić information content (AvgIpc) is 2.96. The molecule has 1 aliphatic carbocycles. The number of benzene rings is 2. The van der Waals surface area contributed by atoms with E-state index in [4.69, 9.17) is 0 Å². The Bertz CT molecular complexity index is 565. The van der Waals surface area contributed by atoms with Crippen LogP contribution >= 0.6 is 15.9 Å². The summed E-state index contributed by atoms with van der Waals surface area (Å²) in [4.78, 5) is 0.485. The van der Waals surface area contributed by atoms with E-state index in [1.807, 2.05) is 0 Å². The maximum Gasteiger partial charge on any atom is 0.0448 e. The van der Waals surface area contributed by atoms with Crippen LogP contribution in [-0.2, 0) is 6.42 Å². The van der Waals surface area contributed by atoms with Crippen molar-refractivity contribution in [3.05, 3.63) is 71.3 Å². The molecule has 0 N–H and O–H groups in total. The van der Waals surface area contributed by atoms with Crippen molar-refractivity contribution in [1.29, 1.82) is 0 Å². The maximum absolute atomic E-state index is 3.96. The predicted octanol–water partition coefficient (Wildman–Crippen LogP) is 6.29. The third-order valence-electron chi connectivity index (χ3n) is 4.88. The minimum Gasteiger partial charge on any atom is -0.0833 e. The molecule has 0 nitrogen and oxygen atoms in total. The smallest absolute Gasteiger partial charge is 0.0448 e. The molecule has 2 aromatic carbocycles. The van der Waals surface area contributed by atoms with Crippen LogP contribution in [0.15, 0.2) is 54.6 Å². The summed E-state index contributed by atoms with van der Waals surface area (Å²) >= 11 is 3.96. The summed E-state index contributed by atoms with van der Waals surface area (Å²) in [5.74, 6) is 0. The molecule has 21 heavy (non-hydrogen) atoms. The van der Waals surface area contributed by atoms with Crippen LogP contribution in [0.1, 0.15) is 54.1 Å². The molecular formula is C20H23Br. The van der Waals surface area contributed by atoms with Gasteiger partial charge in [-0.25, -0.2) is 0 Å². The molecule has 0 aliphatic heterocycles. The Labute approximate surface area is 136 Å². The van der Waals surface area contributed by atoms with Crippen molar-refractivity contribution in [3.8, 4) is 0 Å². The highest BCUT2D eigenvalue weighted by Gasteiger charge is 2.36. The Balaban J connectivity index is 1.72. The highest BCUT2D eigenvalue weighted by Crippen LogP contribution is 2.51. The summed E-state index contributed by atoms with van der Waals surface area (Å²) in [6.45, 7) is 2.43. The van der Waals surface area contributed by atoms with Gasteiger partial charge in [0.2, 0.25) is 0 Å². The van der Waals surface area contributed by atoms with Crippen LogP contribution in [0.3, 0.4) is 0 Å². The fraction of sp³-hybridized carbons (Fsp3) is 0.400. The van der Waals surface area contributed by atoms with E-state index in [0.717, 1.165) is 6.42 Å². The normalized spacial score (nSPS) is 18.6. The van der Waals surface area contributed by atoms with Crippen LogP contribution in [0.5, 0.6) is 0 Å². The molecule has 0 spiro atoms. The fourth-order valence-corrected chi connectivity index (χ4v) is 4.24. The maximum atomic E-state index is 3.96. The lowest BCUT2D eigenvalue weighted by Gasteiger charge is -2.30. The summed E-state index contributed by atoms with van der Waals surface area (Å²) < 4.78 is 0. The van der Waals surface area contributed by atoms with Crippen molar-refractivity contribution in [2.75, 3.05) is 0 Å². The summed E-state index contributed by atoms with van der Waals surface area (Å²) in [6.07, 6.45) is 6.46. The van der Waals surface area contributed by atoms with E-state index in [-0.39, 0.29) is 0 Å². The van der Waals surface area contributed by atoms with Gasteiger partial charge in [-0.1, -0.05) is 90.3 Å². The monoisotopic (exact) mass is 342 g/mol. The van der Waals surface area contributed by atoms with Crippen molar-refractivity contribution in [1.82, 2.24) is 0 Å². The number of alkyl halides is 1. The largest absolute Gasteiger partial charge is 0.0833 e. The Morgan fingerprint density at radius 2 is 1.48 bits per heavy atom. The van der Waals surface area contributed by atoms with E-state index < -0.39 is 0 Å². The molecule has 3 rings (SSSR count). The molecule has 0 heterocycles. The Morgan fingerprint density at radius 3 is 2.10 bits per heavy atom. The Morgan fingerprint density at radius 1 is 0.905 bits per heavy atom. The van der Waals surface area contributed by atoms with Crippen molar-refractivity contribution < 1.29 is 0 Å². The molecule has 2 aromatic rings. The molecule has 0 bridgehead atoms. The van der Waals surface area contributed by atoms with Crippen LogP contribution in [0.2, 0.25) is 0 Å². The van der Waals surface area contributed by atoms with Crippen molar-refractivity contribution in [2.45, 2.75) is 43.9 Å². The second-order valence-corrected chi connectivity index (χ2v) is 7.54. The topological polar surface area (TPSA) is 0 Å².